The van der Waals surface area contributed by atoms with Crippen LogP contribution in [0.2, 0.25) is 0 Å². The molecule has 0 aliphatic carbocycles. The van der Waals surface area contributed by atoms with Gasteiger partial charge in [0, 0.05) is 18.7 Å². The van der Waals surface area contributed by atoms with Crippen LogP contribution in [0.15, 0.2) is 54.6 Å². The Morgan fingerprint density at radius 3 is 2.04 bits per heavy atom. The third kappa shape index (κ3) is 4.55. The van der Waals surface area contributed by atoms with Crippen molar-refractivity contribution in [3.63, 3.8) is 0 Å². The molecule has 0 bridgehead atoms. The second-order valence-corrected chi connectivity index (χ2v) is 6.20. The Labute approximate surface area is 162 Å². The molecule has 7 heteroatoms. The number of rotatable bonds is 5. The van der Waals surface area contributed by atoms with Gasteiger partial charge in [-0.3, -0.25) is 4.79 Å². The molecule has 0 saturated carbocycles. The van der Waals surface area contributed by atoms with Gasteiger partial charge in [-0.1, -0.05) is 30.3 Å². The average molecular weight is 383 g/mol. The van der Waals surface area contributed by atoms with E-state index in [0.717, 1.165) is 0 Å². The third-order valence-electron chi connectivity index (χ3n) is 4.42. The van der Waals surface area contributed by atoms with Crippen LogP contribution in [0.5, 0.6) is 0 Å². The summed E-state index contributed by atoms with van der Waals surface area (Å²) in [5.41, 5.74) is 1.16. The van der Waals surface area contributed by atoms with E-state index in [1.165, 1.54) is 31.4 Å². The van der Waals surface area contributed by atoms with E-state index in [4.69, 9.17) is 9.47 Å². The summed E-state index contributed by atoms with van der Waals surface area (Å²) in [7, 11) is 1.28. The summed E-state index contributed by atoms with van der Waals surface area (Å²) in [5.74, 6) is -1.43. The minimum absolute atomic E-state index is 0.239. The molecule has 1 saturated heterocycles. The predicted molar refractivity (Wildman–Crippen MR) is 99.8 cm³/mol. The summed E-state index contributed by atoms with van der Waals surface area (Å²) in [6, 6.07) is 14.8. The molecule has 1 fully saturated rings. The van der Waals surface area contributed by atoms with E-state index < -0.39 is 18.0 Å². The zero-order chi connectivity index (χ0) is 19.9. The number of methoxy groups -OCH3 is 1. The molecule has 146 valence electrons. The highest BCUT2D eigenvalue weighted by Crippen LogP contribution is 2.23. The van der Waals surface area contributed by atoms with Gasteiger partial charge in [-0.05, 0) is 24.3 Å². The van der Waals surface area contributed by atoms with E-state index in [0.29, 0.717) is 37.4 Å². The molecule has 7 nitrogen and oxygen atoms in total. The highest BCUT2D eigenvalue weighted by Gasteiger charge is 2.30. The standard InChI is InChI=1S/C21H21NO6/c1-26-20(24)16-7-9-17(10-8-16)21(25)28-18(15-5-3-2-4-6-15)19(23)22-11-13-27-14-12-22/h2-10,18H,11-14H2,1H3/t18-/m0/s1. The maximum Gasteiger partial charge on any atom is 0.339 e. The summed E-state index contributed by atoms with van der Waals surface area (Å²) >= 11 is 0. The Morgan fingerprint density at radius 2 is 1.46 bits per heavy atom. The van der Waals surface area contributed by atoms with Crippen molar-refractivity contribution < 1.29 is 28.6 Å². The first-order valence-electron chi connectivity index (χ1n) is 8.91. The number of benzene rings is 2. The fourth-order valence-corrected chi connectivity index (χ4v) is 2.87. The van der Waals surface area contributed by atoms with Crippen molar-refractivity contribution in [2.45, 2.75) is 6.10 Å². The van der Waals surface area contributed by atoms with E-state index in [2.05, 4.69) is 4.74 Å². The average Bonchev–Trinajstić information content (AvgIpc) is 2.77. The molecule has 0 radical (unpaired) electrons. The van der Waals surface area contributed by atoms with Crippen molar-refractivity contribution in [3.8, 4) is 0 Å². The SMILES string of the molecule is COC(=O)c1ccc(C(=O)O[C@H](C(=O)N2CCOCC2)c2ccccc2)cc1. The monoisotopic (exact) mass is 383 g/mol. The number of carbonyl (C=O) groups is 3. The fourth-order valence-electron chi connectivity index (χ4n) is 2.87. The number of carbonyl (C=O) groups excluding carboxylic acids is 3. The fraction of sp³-hybridized carbons (Fsp3) is 0.286. The van der Waals surface area contributed by atoms with Crippen molar-refractivity contribution in [3.05, 3.63) is 71.3 Å². The summed E-state index contributed by atoms with van der Waals surface area (Å²) in [5, 5.41) is 0. The predicted octanol–water partition coefficient (Wildman–Crippen LogP) is 2.23. The van der Waals surface area contributed by atoms with Crippen LogP contribution in [-0.4, -0.2) is 56.2 Å². The Bertz CT molecular complexity index is 828. The van der Waals surface area contributed by atoms with Crippen molar-refractivity contribution in [1.82, 2.24) is 4.90 Å². The number of nitrogens with zero attached hydrogens (tertiary/aromatic N) is 1. The van der Waals surface area contributed by atoms with Crippen molar-refractivity contribution in [2.75, 3.05) is 33.4 Å². The summed E-state index contributed by atoms with van der Waals surface area (Å²) in [6.45, 7) is 1.81. The highest BCUT2D eigenvalue weighted by molar-refractivity contribution is 5.95. The number of morpholine rings is 1. The summed E-state index contributed by atoms with van der Waals surface area (Å²) < 4.78 is 15.5. The summed E-state index contributed by atoms with van der Waals surface area (Å²) in [6.07, 6.45) is -1.05. The Balaban J connectivity index is 1.79. The quantitative estimate of drug-likeness (QED) is 0.737. The largest absolute Gasteiger partial charge is 0.465 e. The van der Waals surface area contributed by atoms with Gasteiger partial charge in [0.2, 0.25) is 6.10 Å². The van der Waals surface area contributed by atoms with Gasteiger partial charge in [-0.2, -0.15) is 0 Å². The lowest BCUT2D eigenvalue weighted by molar-refractivity contribution is -0.145. The van der Waals surface area contributed by atoms with Gasteiger partial charge in [0.15, 0.2) is 0 Å². The molecule has 1 aliphatic rings. The maximum atomic E-state index is 13.0. The zero-order valence-electron chi connectivity index (χ0n) is 15.5. The van der Waals surface area contributed by atoms with Gasteiger partial charge in [0.1, 0.15) is 0 Å². The van der Waals surface area contributed by atoms with Gasteiger partial charge in [-0.15, -0.1) is 0 Å². The van der Waals surface area contributed by atoms with Gasteiger partial charge in [-0.25, -0.2) is 9.59 Å². The first-order valence-corrected chi connectivity index (χ1v) is 8.91. The molecule has 3 rings (SSSR count). The van der Waals surface area contributed by atoms with Crippen LogP contribution in [0.25, 0.3) is 0 Å². The molecule has 0 aromatic heterocycles. The molecule has 2 aromatic rings. The van der Waals surface area contributed by atoms with Crippen LogP contribution in [0.3, 0.4) is 0 Å². The first-order chi connectivity index (χ1) is 13.6. The van der Waals surface area contributed by atoms with Crippen LogP contribution in [0.1, 0.15) is 32.4 Å². The molecular weight excluding hydrogens is 362 g/mol. The molecule has 28 heavy (non-hydrogen) atoms. The van der Waals surface area contributed by atoms with Crippen LogP contribution < -0.4 is 0 Å². The minimum Gasteiger partial charge on any atom is -0.465 e. The van der Waals surface area contributed by atoms with E-state index in [-0.39, 0.29) is 11.5 Å². The minimum atomic E-state index is -1.05. The number of ether oxygens (including phenoxy) is 3. The Hall–Kier alpha value is -3.19. The van der Waals surface area contributed by atoms with Gasteiger partial charge >= 0.3 is 11.9 Å². The third-order valence-corrected chi connectivity index (χ3v) is 4.42. The topological polar surface area (TPSA) is 82.1 Å². The number of hydrogen-bond acceptors (Lipinski definition) is 6. The smallest absolute Gasteiger partial charge is 0.339 e. The van der Waals surface area contributed by atoms with Gasteiger partial charge in [0.05, 0.1) is 31.5 Å². The zero-order valence-corrected chi connectivity index (χ0v) is 15.5. The molecule has 1 aliphatic heterocycles. The summed E-state index contributed by atoms with van der Waals surface area (Å²) in [4.78, 5) is 38.8. The molecule has 1 heterocycles. The second-order valence-electron chi connectivity index (χ2n) is 6.20. The van der Waals surface area contributed by atoms with Crippen LogP contribution >= 0.6 is 0 Å². The van der Waals surface area contributed by atoms with Crippen LogP contribution in [-0.2, 0) is 19.0 Å². The molecule has 0 unspecified atom stereocenters. The van der Waals surface area contributed by atoms with Gasteiger partial charge in [0.25, 0.3) is 5.91 Å². The maximum absolute atomic E-state index is 13.0. The molecule has 0 N–H and O–H groups in total. The lowest BCUT2D eigenvalue weighted by Gasteiger charge is -2.30. The molecule has 1 atom stereocenters. The molecule has 0 spiro atoms. The van der Waals surface area contributed by atoms with E-state index in [1.54, 1.807) is 29.2 Å². The normalized spacial score (nSPS) is 14.8. The number of amides is 1. The molecule has 1 amide bonds. The second kappa shape index (κ2) is 9.14. The first kappa shape index (κ1) is 19.6. The van der Waals surface area contributed by atoms with Crippen molar-refractivity contribution >= 4 is 17.8 Å². The van der Waals surface area contributed by atoms with Crippen molar-refractivity contribution in [1.29, 1.82) is 0 Å². The van der Waals surface area contributed by atoms with Crippen LogP contribution in [0, 0.1) is 0 Å². The highest BCUT2D eigenvalue weighted by atomic mass is 16.5. The number of esters is 2. The Kier molecular flexibility index (Phi) is 6.39. The lowest BCUT2D eigenvalue weighted by atomic mass is 10.1. The molecular formula is C21H21NO6. The van der Waals surface area contributed by atoms with Gasteiger partial charge < -0.3 is 19.1 Å². The van der Waals surface area contributed by atoms with E-state index in [9.17, 15) is 14.4 Å². The van der Waals surface area contributed by atoms with Crippen LogP contribution in [0.4, 0.5) is 0 Å². The van der Waals surface area contributed by atoms with Crippen molar-refractivity contribution in [2.24, 2.45) is 0 Å². The molecule has 2 aromatic carbocycles. The van der Waals surface area contributed by atoms with E-state index in [1.807, 2.05) is 6.07 Å². The van der Waals surface area contributed by atoms with E-state index >= 15 is 0 Å². The Morgan fingerprint density at radius 1 is 0.893 bits per heavy atom. The lowest BCUT2D eigenvalue weighted by Crippen LogP contribution is -2.44. The number of hydrogen-bond donors (Lipinski definition) is 0.